The Morgan fingerprint density at radius 2 is 1.91 bits per heavy atom. The molecule has 1 amide bonds. The van der Waals surface area contributed by atoms with Crippen LogP contribution in [0.25, 0.3) is 0 Å². The minimum atomic E-state index is -4.43. The molecule has 0 saturated heterocycles. The zero-order valence-corrected chi connectivity index (χ0v) is 12.1. The molecule has 122 valence electrons. The SMILES string of the molecule is O=C(N[C@H](CCSC(F)(F)F)C(=O)O)OCc1ccccc1. The molecule has 0 saturated carbocycles. The first-order valence-corrected chi connectivity index (χ1v) is 7.17. The number of alkyl halides is 3. The Morgan fingerprint density at radius 1 is 1.27 bits per heavy atom. The summed E-state index contributed by atoms with van der Waals surface area (Å²) in [6, 6.07) is 7.25. The van der Waals surface area contributed by atoms with E-state index in [-0.39, 0.29) is 24.8 Å². The Balaban J connectivity index is 2.39. The van der Waals surface area contributed by atoms with E-state index in [2.05, 4.69) is 0 Å². The summed E-state index contributed by atoms with van der Waals surface area (Å²) in [5.41, 5.74) is -3.73. The normalized spacial score (nSPS) is 12.5. The number of carboxylic acid groups (broad SMARTS) is 1. The Kier molecular flexibility index (Phi) is 7.03. The highest BCUT2D eigenvalue weighted by Crippen LogP contribution is 2.30. The first kappa shape index (κ1) is 18.1. The lowest BCUT2D eigenvalue weighted by molar-refractivity contribution is -0.139. The molecule has 0 radical (unpaired) electrons. The van der Waals surface area contributed by atoms with Gasteiger partial charge in [-0.15, -0.1) is 0 Å². The van der Waals surface area contributed by atoms with Crippen LogP contribution in [0.2, 0.25) is 0 Å². The summed E-state index contributed by atoms with van der Waals surface area (Å²) >= 11 is -0.339. The number of alkyl carbamates (subject to hydrolysis) is 1. The standard InChI is InChI=1S/C13H14F3NO4S/c14-13(15,16)22-7-6-10(11(18)19)17-12(20)21-8-9-4-2-1-3-5-9/h1-5,10H,6-8H2,(H,17,20)(H,18,19)/t10-/m1/s1. The highest BCUT2D eigenvalue weighted by Gasteiger charge is 2.29. The predicted octanol–water partition coefficient (Wildman–Crippen LogP) is 3.01. The summed E-state index contributed by atoms with van der Waals surface area (Å²) in [6.07, 6.45) is -1.35. The second-order valence-electron chi connectivity index (χ2n) is 4.18. The second kappa shape index (κ2) is 8.52. The summed E-state index contributed by atoms with van der Waals surface area (Å²) < 4.78 is 40.8. The number of carbonyl (C=O) groups is 2. The third-order valence-electron chi connectivity index (χ3n) is 2.48. The van der Waals surface area contributed by atoms with Crippen molar-refractivity contribution >= 4 is 23.8 Å². The topological polar surface area (TPSA) is 75.6 Å². The molecule has 0 fully saturated rings. The van der Waals surface area contributed by atoms with E-state index in [1.54, 1.807) is 30.3 Å². The lowest BCUT2D eigenvalue weighted by Crippen LogP contribution is -2.41. The Morgan fingerprint density at radius 3 is 2.45 bits per heavy atom. The lowest BCUT2D eigenvalue weighted by Gasteiger charge is -2.15. The van der Waals surface area contributed by atoms with Gasteiger partial charge in [0.15, 0.2) is 0 Å². The smallest absolute Gasteiger partial charge is 0.441 e. The second-order valence-corrected chi connectivity index (χ2v) is 5.34. The van der Waals surface area contributed by atoms with Crippen LogP contribution in [0.3, 0.4) is 0 Å². The zero-order valence-electron chi connectivity index (χ0n) is 11.3. The van der Waals surface area contributed by atoms with Gasteiger partial charge < -0.3 is 15.2 Å². The highest BCUT2D eigenvalue weighted by molar-refractivity contribution is 8.00. The van der Waals surface area contributed by atoms with E-state index < -0.39 is 29.4 Å². The summed E-state index contributed by atoms with van der Waals surface area (Å²) in [6.45, 7) is -0.0592. The molecular weight excluding hydrogens is 323 g/mol. The fourth-order valence-corrected chi connectivity index (χ4v) is 2.04. The number of benzene rings is 1. The summed E-state index contributed by atoms with van der Waals surface area (Å²) in [4.78, 5) is 22.4. The van der Waals surface area contributed by atoms with Gasteiger partial charge in [-0.25, -0.2) is 9.59 Å². The van der Waals surface area contributed by atoms with Crippen LogP contribution in [0.1, 0.15) is 12.0 Å². The van der Waals surface area contributed by atoms with Crippen molar-refractivity contribution < 1.29 is 32.6 Å². The van der Waals surface area contributed by atoms with Gasteiger partial charge in [-0.1, -0.05) is 42.1 Å². The first-order valence-electron chi connectivity index (χ1n) is 6.18. The third kappa shape index (κ3) is 7.77. The molecule has 1 rings (SSSR count). The quantitative estimate of drug-likeness (QED) is 0.800. The monoisotopic (exact) mass is 337 g/mol. The molecule has 0 aromatic heterocycles. The van der Waals surface area contributed by atoms with Gasteiger partial charge in [-0.05, 0) is 12.0 Å². The van der Waals surface area contributed by atoms with E-state index in [9.17, 15) is 22.8 Å². The van der Waals surface area contributed by atoms with Crippen molar-refractivity contribution in [2.75, 3.05) is 5.75 Å². The van der Waals surface area contributed by atoms with Crippen LogP contribution in [-0.4, -0.2) is 34.5 Å². The number of rotatable bonds is 7. The number of carbonyl (C=O) groups excluding carboxylic acids is 1. The lowest BCUT2D eigenvalue weighted by atomic mass is 10.2. The fraction of sp³-hybridized carbons (Fsp3) is 0.385. The van der Waals surface area contributed by atoms with E-state index in [1.165, 1.54) is 0 Å². The molecule has 5 nitrogen and oxygen atoms in total. The van der Waals surface area contributed by atoms with Crippen molar-refractivity contribution in [3.63, 3.8) is 0 Å². The van der Waals surface area contributed by atoms with Crippen LogP contribution in [0.5, 0.6) is 0 Å². The molecule has 0 spiro atoms. The van der Waals surface area contributed by atoms with Gasteiger partial charge in [0.25, 0.3) is 0 Å². The molecule has 1 atom stereocenters. The molecule has 0 aliphatic rings. The molecule has 0 heterocycles. The van der Waals surface area contributed by atoms with E-state index >= 15 is 0 Å². The number of amides is 1. The van der Waals surface area contributed by atoms with Crippen LogP contribution in [-0.2, 0) is 16.1 Å². The van der Waals surface area contributed by atoms with E-state index in [1.807, 2.05) is 5.32 Å². The average molecular weight is 337 g/mol. The number of ether oxygens (including phenoxy) is 1. The summed E-state index contributed by atoms with van der Waals surface area (Å²) in [7, 11) is 0. The van der Waals surface area contributed by atoms with E-state index in [0.717, 1.165) is 0 Å². The van der Waals surface area contributed by atoms with Gasteiger partial charge >= 0.3 is 17.6 Å². The number of halogens is 3. The molecule has 0 aliphatic heterocycles. The average Bonchev–Trinajstić information content (AvgIpc) is 2.43. The van der Waals surface area contributed by atoms with Crippen molar-refractivity contribution in [3.8, 4) is 0 Å². The predicted molar refractivity (Wildman–Crippen MR) is 74.3 cm³/mol. The third-order valence-corrected chi connectivity index (χ3v) is 3.24. The molecule has 0 aliphatic carbocycles. The molecule has 0 unspecified atom stereocenters. The van der Waals surface area contributed by atoms with Crippen molar-refractivity contribution in [3.05, 3.63) is 35.9 Å². The van der Waals surface area contributed by atoms with Crippen LogP contribution >= 0.6 is 11.8 Å². The number of aliphatic carboxylic acids is 1. The van der Waals surface area contributed by atoms with Crippen LogP contribution in [0.15, 0.2) is 30.3 Å². The molecule has 9 heteroatoms. The van der Waals surface area contributed by atoms with Gasteiger partial charge in [-0.3, -0.25) is 0 Å². The maximum Gasteiger partial charge on any atom is 0.441 e. The molecule has 2 N–H and O–H groups in total. The van der Waals surface area contributed by atoms with Gasteiger partial charge in [0, 0.05) is 5.75 Å². The number of carboxylic acids is 1. The van der Waals surface area contributed by atoms with Crippen LogP contribution in [0, 0.1) is 0 Å². The number of thioether (sulfide) groups is 1. The summed E-state index contributed by atoms with van der Waals surface area (Å²) in [5.74, 6) is -1.89. The van der Waals surface area contributed by atoms with Gasteiger partial charge in [0.1, 0.15) is 12.6 Å². The van der Waals surface area contributed by atoms with Gasteiger partial charge in [0.2, 0.25) is 0 Å². The first-order chi connectivity index (χ1) is 10.3. The largest absolute Gasteiger partial charge is 0.480 e. The molecule has 0 bridgehead atoms. The fourth-order valence-electron chi connectivity index (χ4n) is 1.46. The number of hydrogen-bond donors (Lipinski definition) is 2. The van der Waals surface area contributed by atoms with E-state index in [0.29, 0.717) is 5.56 Å². The number of nitrogens with one attached hydrogen (secondary N) is 1. The minimum Gasteiger partial charge on any atom is -0.480 e. The van der Waals surface area contributed by atoms with Crippen molar-refractivity contribution in [1.29, 1.82) is 0 Å². The van der Waals surface area contributed by atoms with Crippen LogP contribution < -0.4 is 5.32 Å². The maximum atomic E-state index is 12.0. The molecule has 22 heavy (non-hydrogen) atoms. The van der Waals surface area contributed by atoms with Crippen molar-refractivity contribution in [2.45, 2.75) is 24.6 Å². The van der Waals surface area contributed by atoms with E-state index in [4.69, 9.17) is 9.84 Å². The van der Waals surface area contributed by atoms with Crippen LogP contribution in [0.4, 0.5) is 18.0 Å². The van der Waals surface area contributed by atoms with Gasteiger partial charge in [0.05, 0.1) is 0 Å². The summed E-state index contributed by atoms with van der Waals surface area (Å²) in [5, 5.41) is 10.9. The van der Waals surface area contributed by atoms with Crippen molar-refractivity contribution in [1.82, 2.24) is 5.32 Å². The zero-order chi connectivity index (χ0) is 16.6. The minimum absolute atomic E-state index is 0.0592. The highest BCUT2D eigenvalue weighted by atomic mass is 32.2. The molecular formula is C13H14F3NO4S. The Bertz CT molecular complexity index is 496. The van der Waals surface area contributed by atoms with Gasteiger partial charge in [-0.2, -0.15) is 13.2 Å². The van der Waals surface area contributed by atoms with Crippen molar-refractivity contribution in [2.24, 2.45) is 0 Å². The maximum absolute atomic E-state index is 12.0. The molecule has 1 aromatic carbocycles. The Hall–Kier alpha value is -1.90. The number of hydrogen-bond acceptors (Lipinski definition) is 4. The Labute approximate surface area is 128 Å². The molecule has 1 aromatic rings.